The van der Waals surface area contributed by atoms with Crippen LogP contribution in [0, 0.1) is 12.3 Å². The molecule has 0 bridgehead atoms. The third-order valence-corrected chi connectivity index (χ3v) is 7.70. The molecule has 36 heavy (non-hydrogen) atoms. The number of ether oxygens (including phenoxy) is 2. The van der Waals surface area contributed by atoms with Gasteiger partial charge in [-0.25, -0.2) is 4.98 Å². The zero-order valence-electron chi connectivity index (χ0n) is 21.4. The number of aliphatic hydroxyl groups excluding tert-OH is 3. The average Bonchev–Trinajstić information content (AvgIpc) is 3.48. The lowest BCUT2D eigenvalue weighted by Gasteiger charge is -2.34. The molecule has 0 spiro atoms. The molecule has 0 radical (unpaired) electrons. The molecule has 2 aromatic rings. The van der Waals surface area contributed by atoms with E-state index in [2.05, 4.69) is 16.0 Å². The fourth-order valence-corrected chi connectivity index (χ4v) is 5.24. The van der Waals surface area contributed by atoms with E-state index in [1.807, 2.05) is 44.3 Å². The number of likely N-dealkylation sites (tertiary alicyclic amines) is 1. The SMILES string of the molecule is COc1ccc([C@@H]2CN(C(=O)[C@@H](O)CO)C[C@@]2(C)[C@@H](C)O)cc1OC1CCN(c2ccc(C)cn2)C1. The van der Waals surface area contributed by atoms with Crippen LogP contribution in [0.1, 0.15) is 37.3 Å². The number of hydrogen-bond acceptors (Lipinski definition) is 8. The van der Waals surface area contributed by atoms with Crippen LogP contribution in [0.3, 0.4) is 0 Å². The molecular formula is C27H37N3O6. The highest BCUT2D eigenvalue weighted by molar-refractivity contribution is 5.81. The topological polar surface area (TPSA) is 116 Å². The molecule has 3 N–H and O–H groups in total. The minimum Gasteiger partial charge on any atom is -0.493 e. The summed E-state index contributed by atoms with van der Waals surface area (Å²) in [5.74, 6) is 1.43. The second-order valence-corrected chi connectivity index (χ2v) is 10.2. The van der Waals surface area contributed by atoms with Gasteiger partial charge in [0, 0.05) is 43.6 Å². The molecule has 0 saturated carbocycles. The number of benzene rings is 1. The van der Waals surface area contributed by atoms with Gasteiger partial charge in [0.15, 0.2) is 17.6 Å². The van der Waals surface area contributed by atoms with Gasteiger partial charge in [0.25, 0.3) is 5.91 Å². The van der Waals surface area contributed by atoms with Crippen molar-refractivity contribution < 1.29 is 29.6 Å². The second kappa shape index (κ2) is 10.6. The maximum Gasteiger partial charge on any atom is 0.253 e. The zero-order valence-corrected chi connectivity index (χ0v) is 21.4. The Morgan fingerprint density at radius 3 is 2.64 bits per heavy atom. The van der Waals surface area contributed by atoms with Crippen molar-refractivity contribution in [1.29, 1.82) is 0 Å². The molecular weight excluding hydrogens is 462 g/mol. The highest BCUT2D eigenvalue weighted by atomic mass is 16.5. The van der Waals surface area contributed by atoms with Gasteiger partial charge in [-0.05, 0) is 43.2 Å². The summed E-state index contributed by atoms with van der Waals surface area (Å²) in [5, 5.41) is 29.8. The number of methoxy groups -OCH3 is 1. The molecule has 1 aromatic heterocycles. The summed E-state index contributed by atoms with van der Waals surface area (Å²) in [6.45, 7) is 7.18. The summed E-state index contributed by atoms with van der Waals surface area (Å²) in [6.07, 6.45) is 0.499. The number of amides is 1. The van der Waals surface area contributed by atoms with Crippen LogP contribution in [0.15, 0.2) is 36.5 Å². The van der Waals surface area contributed by atoms with E-state index in [4.69, 9.17) is 9.47 Å². The van der Waals surface area contributed by atoms with Crippen LogP contribution in [-0.2, 0) is 4.79 Å². The first-order valence-electron chi connectivity index (χ1n) is 12.4. The minimum atomic E-state index is -1.47. The summed E-state index contributed by atoms with van der Waals surface area (Å²) in [7, 11) is 1.60. The first kappa shape index (κ1) is 26.2. The van der Waals surface area contributed by atoms with Crippen LogP contribution in [0.2, 0.25) is 0 Å². The maximum atomic E-state index is 12.6. The number of rotatable bonds is 8. The van der Waals surface area contributed by atoms with Crippen LogP contribution < -0.4 is 14.4 Å². The molecule has 5 atom stereocenters. The molecule has 1 unspecified atom stereocenters. The predicted octanol–water partition coefficient (Wildman–Crippen LogP) is 1.72. The quantitative estimate of drug-likeness (QED) is 0.503. The average molecular weight is 500 g/mol. The molecule has 2 saturated heterocycles. The number of aromatic nitrogens is 1. The first-order valence-corrected chi connectivity index (χ1v) is 12.4. The van der Waals surface area contributed by atoms with Crippen LogP contribution in [-0.4, -0.2) is 89.3 Å². The Labute approximate surface area is 212 Å². The number of nitrogens with zero attached hydrogens (tertiary/aromatic N) is 3. The number of aliphatic hydroxyl groups is 3. The standard InChI is InChI=1S/C27H37N3O6/c1-17-5-8-25(28-12-17)29-10-9-20(13-29)36-24-11-19(6-7-23(24)35-4)21-14-30(26(34)22(33)15-31)16-27(21,3)18(2)32/h5-8,11-12,18,20-22,31-33H,9-10,13-16H2,1-4H3/t18-,20?,21+,22+,27+/m1/s1. The van der Waals surface area contributed by atoms with Gasteiger partial charge in [0.05, 0.1) is 26.4 Å². The summed E-state index contributed by atoms with van der Waals surface area (Å²) in [5.41, 5.74) is 1.39. The summed E-state index contributed by atoms with van der Waals surface area (Å²) >= 11 is 0. The van der Waals surface area contributed by atoms with Crippen LogP contribution >= 0.6 is 0 Å². The van der Waals surface area contributed by atoms with E-state index in [-0.39, 0.29) is 18.6 Å². The first-order chi connectivity index (χ1) is 17.2. The van der Waals surface area contributed by atoms with Gasteiger partial charge < -0.3 is 34.6 Å². The highest BCUT2D eigenvalue weighted by Crippen LogP contribution is 2.47. The third kappa shape index (κ3) is 5.14. The van der Waals surface area contributed by atoms with Crippen molar-refractivity contribution in [3.63, 3.8) is 0 Å². The minimum absolute atomic E-state index is 0.0400. The molecule has 9 heteroatoms. The van der Waals surface area contributed by atoms with Gasteiger partial charge >= 0.3 is 0 Å². The van der Waals surface area contributed by atoms with E-state index in [9.17, 15) is 20.1 Å². The zero-order chi connectivity index (χ0) is 26.0. The fraction of sp³-hybridized carbons (Fsp3) is 0.556. The van der Waals surface area contributed by atoms with Crippen LogP contribution in [0.25, 0.3) is 0 Å². The normalized spacial score (nSPS) is 25.6. The van der Waals surface area contributed by atoms with Crippen molar-refractivity contribution >= 4 is 11.7 Å². The van der Waals surface area contributed by atoms with Crippen molar-refractivity contribution in [2.75, 3.05) is 44.8 Å². The Morgan fingerprint density at radius 1 is 1.22 bits per heavy atom. The van der Waals surface area contributed by atoms with Gasteiger partial charge in [0.1, 0.15) is 11.9 Å². The van der Waals surface area contributed by atoms with Crippen molar-refractivity contribution in [2.24, 2.45) is 5.41 Å². The van der Waals surface area contributed by atoms with Gasteiger partial charge in [-0.1, -0.05) is 19.1 Å². The molecule has 2 fully saturated rings. The van der Waals surface area contributed by atoms with E-state index >= 15 is 0 Å². The lowest BCUT2D eigenvalue weighted by Crippen LogP contribution is -2.42. The fourth-order valence-electron chi connectivity index (χ4n) is 5.24. The Morgan fingerprint density at radius 2 is 2.00 bits per heavy atom. The smallest absolute Gasteiger partial charge is 0.253 e. The molecule has 4 rings (SSSR count). The molecule has 0 aliphatic carbocycles. The van der Waals surface area contributed by atoms with E-state index < -0.39 is 30.1 Å². The summed E-state index contributed by atoms with van der Waals surface area (Å²) < 4.78 is 12.0. The van der Waals surface area contributed by atoms with Crippen molar-refractivity contribution in [3.8, 4) is 11.5 Å². The van der Waals surface area contributed by atoms with Crippen LogP contribution in [0.5, 0.6) is 11.5 Å². The van der Waals surface area contributed by atoms with Crippen molar-refractivity contribution in [3.05, 3.63) is 47.7 Å². The molecule has 1 amide bonds. The van der Waals surface area contributed by atoms with E-state index in [0.29, 0.717) is 24.6 Å². The van der Waals surface area contributed by atoms with Gasteiger partial charge in [-0.2, -0.15) is 0 Å². The Balaban J connectivity index is 1.55. The largest absolute Gasteiger partial charge is 0.493 e. The predicted molar refractivity (Wildman–Crippen MR) is 135 cm³/mol. The Hall–Kier alpha value is -2.88. The third-order valence-electron chi connectivity index (χ3n) is 7.70. The molecule has 3 heterocycles. The van der Waals surface area contributed by atoms with Gasteiger partial charge in [-0.3, -0.25) is 4.79 Å². The molecule has 1 aromatic carbocycles. The number of carbonyl (C=O) groups excluding carboxylic acids is 1. The van der Waals surface area contributed by atoms with Crippen LogP contribution in [0.4, 0.5) is 5.82 Å². The maximum absolute atomic E-state index is 12.6. The number of anilines is 1. The molecule has 9 nitrogen and oxygen atoms in total. The van der Waals surface area contributed by atoms with E-state index in [1.165, 1.54) is 4.90 Å². The van der Waals surface area contributed by atoms with Crippen molar-refractivity contribution in [1.82, 2.24) is 9.88 Å². The second-order valence-electron chi connectivity index (χ2n) is 10.2. The number of aryl methyl sites for hydroxylation is 1. The highest BCUT2D eigenvalue weighted by Gasteiger charge is 2.49. The van der Waals surface area contributed by atoms with Crippen molar-refractivity contribution in [2.45, 2.75) is 51.4 Å². The summed E-state index contributed by atoms with van der Waals surface area (Å²) in [4.78, 5) is 20.9. The monoisotopic (exact) mass is 499 g/mol. The molecule has 2 aliphatic rings. The van der Waals surface area contributed by atoms with E-state index in [0.717, 1.165) is 29.9 Å². The van der Waals surface area contributed by atoms with Gasteiger partial charge in [-0.15, -0.1) is 0 Å². The van der Waals surface area contributed by atoms with E-state index in [1.54, 1.807) is 14.0 Å². The molecule has 196 valence electrons. The summed E-state index contributed by atoms with van der Waals surface area (Å²) in [6, 6.07) is 9.81. The number of carbonyl (C=O) groups is 1. The number of hydrogen-bond donors (Lipinski definition) is 3. The number of pyridine rings is 1. The molecule has 2 aliphatic heterocycles. The van der Waals surface area contributed by atoms with Gasteiger partial charge in [0.2, 0.25) is 0 Å². The Bertz CT molecular complexity index is 1060. The Kier molecular flexibility index (Phi) is 7.73. The lowest BCUT2D eigenvalue weighted by molar-refractivity contribution is -0.141. The lowest BCUT2D eigenvalue weighted by atomic mass is 9.72.